The number of aryl methyl sites for hydroxylation is 2. The Bertz CT molecular complexity index is 513. The third kappa shape index (κ3) is 1.58. The van der Waals surface area contributed by atoms with E-state index in [1.165, 1.54) is 21.7 Å². The van der Waals surface area contributed by atoms with E-state index in [1.54, 1.807) is 14.1 Å². The van der Waals surface area contributed by atoms with E-state index in [9.17, 15) is 4.79 Å². The molecule has 0 spiro atoms. The Morgan fingerprint density at radius 2 is 2.07 bits per heavy atom. The van der Waals surface area contributed by atoms with Crippen LogP contribution in [-0.4, -0.2) is 35.9 Å². The maximum Gasteiger partial charge on any atom is 0.354 e. The lowest BCUT2D eigenvalue weighted by molar-refractivity contribution is 0.0685. The van der Waals surface area contributed by atoms with Gasteiger partial charge in [0.2, 0.25) is 0 Å². The Balaban J connectivity index is 2.46. The summed E-state index contributed by atoms with van der Waals surface area (Å²) >= 11 is 0. The zero-order valence-electron chi connectivity index (χ0n) is 8.25. The first-order chi connectivity index (χ1) is 7.08. The van der Waals surface area contributed by atoms with Crippen LogP contribution in [0.5, 0.6) is 0 Å². The average Bonchev–Trinajstić information content (AvgIpc) is 2.71. The summed E-state index contributed by atoms with van der Waals surface area (Å²) in [6.07, 6.45) is 1.54. The van der Waals surface area contributed by atoms with Gasteiger partial charge in [0.15, 0.2) is 0 Å². The van der Waals surface area contributed by atoms with Crippen LogP contribution in [0.25, 0.3) is 11.4 Å². The molecule has 0 atom stereocenters. The molecule has 15 heavy (non-hydrogen) atoms. The van der Waals surface area contributed by atoms with Crippen LogP contribution >= 0.6 is 0 Å². The number of aromatic nitrogens is 5. The van der Waals surface area contributed by atoms with Gasteiger partial charge in [-0.3, -0.25) is 4.68 Å². The summed E-state index contributed by atoms with van der Waals surface area (Å²) < 4.78 is 1.30. The molecule has 0 aromatic carbocycles. The largest absolute Gasteiger partial charge is 0.477 e. The standard InChI is InChI=1S/C8H9N5O2/c1-12-7(8(14)15)3-5(10-12)6-4-9-13(2)11-6/h3-4H,1-2H3,(H,14,15). The van der Waals surface area contributed by atoms with Crippen LogP contribution in [-0.2, 0) is 14.1 Å². The van der Waals surface area contributed by atoms with Crippen molar-refractivity contribution in [3.05, 3.63) is 18.0 Å². The second-order valence-electron chi connectivity index (χ2n) is 3.06. The van der Waals surface area contributed by atoms with Gasteiger partial charge in [-0.25, -0.2) is 4.79 Å². The topological polar surface area (TPSA) is 85.8 Å². The Morgan fingerprint density at radius 3 is 2.53 bits per heavy atom. The molecule has 0 amide bonds. The molecule has 2 aromatic heterocycles. The van der Waals surface area contributed by atoms with Gasteiger partial charge in [0, 0.05) is 20.2 Å². The van der Waals surface area contributed by atoms with Crippen LogP contribution in [0.4, 0.5) is 0 Å². The number of hydrogen-bond acceptors (Lipinski definition) is 4. The number of carboxylic acid groups (broad SMARTS) is 1. The van der Waals surface area contributed by atoms with E-state index in [1.807, 2.05) is 0 Å². The minimum absolute atomic E-state index is 0.121. The van der Waals surface area contributed by atoms with Crippen LogP contribution in [0.1, 0.15) is 10.5 Å². The van der Waals surface area contributed by atoms with Crippen molar-refractivity contribution in [3.63, 3.8) is 0 Å². The van der Waals surface area contributed by atoms with Gasteiger partial charge in [-0.1, -0.05) is 0 Å². The molecule has 0 aliphatic heterocycles. The second kappa shape index (κ2) is 3.19. The summed E-state index contributed by atoms with van der Waals surface area (Å²) in [4.78, 5) is 12.2. The molecule has 0 fully saturated rings. The van der Waals surface area contributed by atoms with Crippen molar-refractivity contribution in [2.45, 2.75) is 0 Å². The summed E-state index contributed by atoms with van der Waals surface area (Å²) in [5, 5.41) is 20.8. The smallest absolute Gasteiger partial charge is 0.354 e. The Kier molecular flexibility index (Phi) is 2.00. The van der Waals surface area contributed by atoms with Crippen LogP contribution in [0.2, 0.25) is 0 Å². The molecular formula is C8H9N5O2. The van der Waals surface area contributed by atoms with E-state index in [0.717, 1.165) is 0 Å². The fourth-order valence-electron chi connectivity index (χ4n) is 1.26. The van der Waals surface area contributed by atoms with Gasteiger partial charge in [-0.15, -0.1) is 0 Å². The van der Waals surface area contributed by atoms with Crippen molar-refractivity contribution in [3.8, 4) is 11.4 Å². The molecule has 7 nitrogen and oxygen atoms in total. The minimum Gasteiger partial charge on any atom is -0.477 e. The van der Waals surface area contributed by atoms with Crippen molar-refractivity contribution in [2.24, 2.45) is 14.1 Å². The molecule has 78 valence electrons. The highest BCUT2D eigenvalue weighted by Gasteiger charge is 2.14. The molecule has 0 saturated heterocycles. The summed E-state index contributed by atoms with van der Waals surface area (Å²) in [7, 11) is 3.26. The normalized spacial score (nSPS) is 10.5. The van der Waals surface area contributed by atoms with Crippen LogP contribution in [0.3, 0.4) is 0 Å². The SMILES string of the molecule is Cn1ncc(-c2cc(C(=O)O)n(C)n2)n1. The summed E-state index contributed by atoms with van der Waals surface area (Å²) in [6, 6.07) is 1.46. The lowest BCUT2D eigenvalue weighted by atomic mass is 10.3. The fraction of sp³-hybridized carbons (Fsp3) is 0.250. The molecule has 0 unspecified atom stereocenters. The van der Waals surface area contributed by atoms with Crippen molar-refractivity contribution in [1.82, 2.24) is 24.8 Å². The monoisotopic (exact) mass is 207 g/mol. The Hall–Kier alpha value is -2.18. The lowest BCUT2D eigenvalue weighted by Crippen LogP contribution is -2.04. The maximum atomic E-state index is 10.8. The van der Waals surface area contributed by atoms with E-state index in [0.29, 0.717) is 11.4 Å². The molecule has 1 N–H and O–H groups in total. The van der Waals surface area contributed by atoms with Gasteiger partial charge < -0.3 is 5.11 Å². The molecule has 0 saturated carbocycles. The molecule has 0 aliphatic carbocycles. The highest BCUT2D eigenvalue weighted by atomic mass is 16.4. The van der Waals surface area contributed by atoms with Gasteiger partial charge in [-0.2, -0.15) is 20.1 Å². The maximum absolute atomic E-state index is 10.8. The molecule has 0 aliphatic rings. The molecule has 2 rings (SSSR count). The lowest BCUT2D eigenvalue weighted by Gasteiger charge is -1.91. The van der Waals surface area contributed by atoms with Crippen LogP contribution in [0.15, 0.2) is 12.3 Å². The van der Waals surface area contributed by atoms with E-state index in [-0.39, 0.29) is 5.69 Å². The predicted octanol–water partition coefficient (Wildman–Crippen LogP) is -0.0862. The van der Waals surface area contributed by atoms with E-state index < -0.39 is 5.97 Å². The number of aromatic carboxylic acids is 1. The van der Waals surface area contributed by atoms with Gasteiger partial charge in [0.05, 0.1) is 6.20 Å². The van der Waals surface area contributed by atoms with E-state index in [4.69, 9.17) is 5.11 Å². The van der Waals surface area contributed by atoms with Crippen molar-refractivity contribution in [1.29, 1.82) is 0 Å². The fourth-order valence-corrected chi connectivity index (χ4v) is 1.26. The average molecular weight is 207 g/mol. The van der Waals surface area contributed by atoms with E-state index >= 15 is 0 Å². The molecule has 0 bridgehead atoms. The number of carbonyl (C=O) groups is 1. The summed E-state index contributed by atoms with van der Waals surface area (Å²) in [5.41, 5.74) is 1.18. The Labute approximate surface area is 84.9 Å². The third-order valence-corrected chi connectivity index (χ3v) is 1.96. The van der Waals surface area contributed by atoms with Gasteiger partial charge in [0.25, 0.3) is 0 Å². The first-order valence-electron chi connectivity index (χ1n) is 4.22. The molecule has 2 aromatic rings. The first kappa shape index (κ1) is 9.38. The van der Waals surface area contributed by atoms with Gasteiger partial charge in [-0.05, 0) is 0 Å². The quantitative estimate of drug-likeness (QED) is 0.744. The first-order valence-corrected chi connectivity index (χ1v) is 4.22. The molecule has 7 heteroatoms. The number of rotatable bonds is 2. The second-order valence-corrected chi connectivity index (χ2v) is 3.06. The minimum atomic E-state index is -1.01. The highest BCUT2D eigenvalue weighted by Crippen LogP contribution is 2.14. The van der Waals surface area contributed by atoms with Crippen molar-refractivity contribution in [2.75, 3.05) is 0 Å². The number of nitrogens with zero attached hydrogens (tertiary/aromatic N) is 5. The van der Waals surface area contributed by atoms with E-state index in [2.05, 4.69) is 15.3 Å². The van der Waals surface area contributed by atoms with Crippen LogP contribution < -0.4 is 0 Å². The third-order valence-electron chi connectivity index (χ3n) is 1.96. The number of hydrogen-bond donors (Lipinski definition) is 1. The van der Waals surface area contributed by atoms with Crippen molar-refractivity contribution >= 4 is 5.97 Å². The zero-order chi connectivity index (χ0) is 11.0. The molecular weight excluding hydrogens is 198 g/mol. The zero-order valence-corrected chi connectivity index (χ0v) is 8.25. The highest BCUT2D eigenvalue weighted by molar-refractivity contribution is 5.87. The Morgan fingerprint density at radius 1 is 1.33 bits per heavy atom. The summed E-state index contributed by atoms with van der Waals surface area (Å²) in [5.74, 6) is -1.01. The van der Waals surface area contributed by atoms with Gasteiger partial charge in [0.1, 0.15) is 17.1 Å². The summed E-state index contributed by atoms with van der Waals surface area (Å²) in [6.45, 7) is 0. The van der Waals surface area contributed by atoms with Crippen molar-refractivity contribution < 1.29 is 9.90 Å². The molecule has 2 heterocycles. The number of carboxylic acids is 1. The van der Waals surface area contributed by atoms with Gasteiger partial charge >= 0.3 is 5.97 Å². The molecule has 0 radical (unpaired) electrons. The van der Waals surface area contributed by atoms with Crippen LogP contribution in [0, 0.1) is 0 Å². The predicted molar refractivity (Wildman–Crippen MR) is 50.2 cm³/mol.